The highest BCUT2D eigenvalue weighted by Crippen LogP contribution is 2.22. The molecule has 84 valence electrons. The van der Waals surface area contributed by atoms with E-state index in [0.29, 0.717) is 0 Å². The van der Waals surface area contributed by atoms with Crippen molar-refractivity contribution in [3.8, 4) is 0 Å². The van der Waals surface area contributed by atoms with Crippen LogP contribution in [-0.4, -0.2) is 11.5 Å². The zero-order chi connectivity index (χ0) is 11.4. The molecule has 0 aliphatic heterocycles. The van der Waals surface area contributed by atoms with Gasteiger partial charge >= 0.3 is 0 Å². The Hall–Kier alpha value is -1.55. The molecule has 0 aliphatic rings. The Morgan fingerprint density at radius 3 is 3.00 bits per heavy atom. The van der Waals surface area contributed by atoms with Gasteiger partial charge in [-0.15, -0.1) is 11.3 Å². The van der Waals surface area contributed by atoms with Crippen LogP contribution in [0.5, 0.6) is 0 Å². The van der Waals surface area contributed by atoms with Crippen molar-refractivity contribution in [1.29, 1.82) is 0 Å². The summed E-state index contributed by atoms with van der Waals surface area (Å²) in [5.74, 6) is 0. The number of rotatable bonds is 4. The van der Waals surface area contributed by atoms with E-state index in [9.17, 15) is 0 Å². The number of thiazole rings is 1. The summed E-state index contributed by atoms with van der Waals surface area (Å²) in [4.78, 5) is 4.24. The maximum Gasteiger partial charge on any atom is 0.0942 e. The Bertz CT molecular complexity index is 431. The third-order valence-corrected chi connectivity index (χ3v) is 3.27. The second-order valence-electron chi connectivity index (χ2n) is 3.64. The number of hydrogen-bond acceptors (Lipinski definition) is 4. The van der Waals surface area contributed by atoms with Crippen LogP contribution in [0.1, 0.15) is 10.6 Å². The van der Waals surface area contributed by atoms with Gasteiger partial charge in [0.25, 0.3) is 0 Å². The maximum atomic E-state index is 5.91. The topological polar surface area (TPSA) is 50.9 Å². The molecule has 0 atom stereocenters. The number of aryl methyl sites for hydroxylation is 1. The van der Waals surface area contributed by atoms with Crippen molar-refractivity contribution in [2.24, 2.45) is 0 Å². The van der Waals surface area contributed by atoms with E-state index in [0.717, 1.165) is 29.3 Å². The Labute approximate surface area is 99.3 Å². The fraction of sp³-hybridized carbons (Fsp3) is 0.250. The molecule has 0 bridgehead atoms. The van der Waals surface area contributed by atoms with Crippen molar-refractivity contribution in [2.75, 3.05) is 17.6 Å². The van der Waals surface area contributed by atoms with Crippen molar-refractivity contribution in [3.63, 3.8) is 0 Å². The number of nitrogens with one attached hydrogen (secondary N) is 1. The molecule has 1 heterocycles. The van der Waals surface area contributed by atoms with Gasteiger partial charge in [0.15, 0.2) is 0 Å². The first kappa shape index (κ1) is 11.0. The highest BCUT2D eigenvalue weighted by Gasteiger charge is 2.02. The van der Waals surface area contributed by atoms with Crippen LogP contribution in [0.25, 0.3) is 0 Å². The summed E-state index contributed by atoms with van der Waals surface area (Å²) in [6, 6.07) is 5.94. The number of para-hydroxylation sites is 1. The first-order valence-electron chi connectivity index (χ1n) is 5.24. The van der Waals surface area contributed by atoms with Crippen LogP contribution in [0.15, 0.2) is 29.8 Å². The Balaban J connectivity index is 1.95. The van der Waals surface area contributed by atoms with Gasteiger partial charge in [0.05, 0.1) is 16.4 Å². The van der Waals surface area contributed by atoms with Crippen LogP contribution in [0.2, 0.25) is 0 Å². The van der Waals surface area contributed by atoms with Crippen LogP contribution in [0.3, 0.4) is 0 Å². The molecule has 0 saturated heterocycles. The van der Waals surface area contributed by atoms with Crippen LogP contribution in [-0.2, 0) is 6.42 Å². The van der Waals surface area contributed by atoms with Crippen LogP contribution in [0, 0.1) is 6.92 Å². The summed E-state index contributed by atoms with van der Waals surface area (Å²) in [5.41, 5.74) is 8.93. The number of anilines is 2. The molecule has 0 fully saturated rings. The number of aromatic nitrogens is 1. The minimum absolute atomic E-state index is 0.805. The molecule has 0 spiro atoms. The van der Waals surface area contributed by atoms with E-state index in [4.69, 9.17) is 5.73 Å². The number of nitrogens with zero attached hydrogens (tertiary/aromatic N) is 1. The van der Waals surface area contributed by atoms with Crippen molar-refractivity contribution in [3.05, 3.63) is 40.3 Å². The predicted molar refractivity (Wildman–Crippen MR) is 69.9 cm³/mol. The van der Waals surface area contributed by atoms with Gasteiger partial charge in [0.2, 0.25) is 0 Å². The van der Waals surface area contributed by atoms with Crippen molar-refractivity contribution < 1.29 is 0 Å². The lowest BCUT2D eigenvalue weighted by atomic mass is 10.1. The third-order valence-electron chi connectivity index (χ3n) is 2.43. The van der Waals surface area contributed by atoms with E-state index in [2.05, 4.69) is 23.3 Å². The molecule has 1 aromatic heterocycles. The molecule has 0 saturated carbocycles. The molecule has 0 aliphatic carbocycles. The zero-order valence-electron chi connectivity index (χ0n) is 9.23. The Kier molecular flexibility index (Phi) is 3.41. The summed E-state index contributed by atoms with van der Waals surface area (Å²) < 4.78 is 0. The Morgan fingerprint density at radius 2 is 2.31 bits per heavy atom. The first-order chi connectivity index (χ1) is 7.77. The average Bonchev–Trinajstić information content (AvgIpc) is 2.75. The fourth-order valence-corrected chi connectivity index (χ4v) is 2.22. The number of nitrogens with two attached hydrogens (primary N) is 1. The minimum Gasteiger partial charge on any atom is -0.397 e. The summed E-state index contributed by atoms with van der Waals surface area (Å²) in [5, 5.41) is 6.51. The van der Waals surface area contributed by atoms with Gasteiger partial charge in [-0.25, -0.2) is 4.98 Å². The third kappa shape index (κ3) is 2.52. The molecule has 1 aromatic carbocycles. The van der Waals surface area contributed by atoms with Gasteiger partial charge in [-0.3, -0.25) is 0 Å². The number of nitrogen functional groups attached to an aromatic ring is 1. The quantitative estimate of drug-likeness (QED) is 0.798. The van der Waals surface area contributed by atoms with E-state index in [1.165, 1.54) is 5.56 Å². The fourth-order valence-electron chi connectivity index (χ4n) is 1.60. The van der Waals surface area contributed by atoms with E-state index >= 15 is 0 Å². The zero-order valence-corrected chi connectivity index (χ0v) is 10.1. The first-order valence-corrected chi connectivity index (χ1v) is 6.12. The molecular weight excluding hydrogens is 218 g/mol. The molecular formula is C12H15N3S. The standard InChI is InChI=1S/C12H15N3S/c1-9-3-2-4-10(13)12(9)15-6-5-11-14-7-8-16-11/h2-4,7-8,15H,5-6,13H2,1H3. The van der Waals surface area contributed by atoms with Gasteiger partial charge < -0.3 is 11.1 Å². The Morgan fingerprint density at radius 1 is 1.44 bits per heavy atom. The summed E-state index contributed by atoms with van der Waals surface area (Å²) in [6.07, 6.45) is 2.77. The largest absolute Gasteiger partial charge is 0.397 e. The van der Waals surface area contributed by atoms with Crippen LogP contribution < -0.4 is 11.1 Å². The average molecular weight is 233 g/mol. The van der Waals surface area contributed by atoms with E-state index in [1.54, 1.807) is 11.3 Å². The molecule has 3 N–H and O–H groups in total. The maximum absolute atomic E-state index is 5.91. The minimum atomic E-state index is 0.805. The molecule has 0 amide bonds. The van der Waals surface area contributed by atoms with E-state index in [1.807, 2.05) is 23.7 Å². The molecule has 0 radical (unpaired) electrons. The second kappa shape index (κ2) is 4.99. The summed E-state index contributed by atoms with van der Waals surface area (Å²) >= 11 is 1.68. The van der Waals surface area contributed by atoms with E-state index in [-0.39, 0.29) is 0 Å². The smallest absolute Gasteiger partial charge is 0.0942 e. The summed E-state index contributed by atoms with van der Waals surface area (Å²) in [6.45, 7) is 2.92. The van der Waals surface area contributed by atoms with Gasteiger partial charge in [0.1, 0.15) is 0 Å². The van der Waals surface area contributed by atoms with Gasteiger partial charge in [-0.05, 0) is 18.6 Å². The number of benzene rings is 1. The van der Waals surface area contributed by atoms with Crippen LogP contribution >= 0.6 is 11.3 Å². The molecule has 16 heavy (non-hydrogen) atoms. The van der Waals surface area contributed by atoms with Crippen molar-refractivity contribution >= 4 is 22.7 Å². The van der Waals surface area contributed by atoms with Gasteiger partial charge in [-0.2, -0.15) is 0 Å². The molecule has 3 nitrogen and oxygen atoms in total. The van der Waals surface area contributed by atoms with Gasteiger partial charge in [0, 0.05) is 24.5 Å². The van der Waals surface area contributed by atoms with Crippen LogP contribution in [0.4, 0.5) is 11.4 Å². The van der Waals surface area contributed by atoms with Crippen molar-refractivity contribution in [2.45, 2.75) is 13.3 Å². The molecule has 2 rings (SSSR count). The predicted octanol–water partition coefficient (Wildman–Crippen LogP) is 2.69. The summed E-state index contributed by atoms with van der Waals surface area (Å²) in [7, 11) is 0. The lowest BCUT2D eigenvalue weighted by Crippen LogP contribution is -2.08. The molecule has 0 unspecified atom stereocenters. The highest BCUT2D eigenvalue weighted by atomic mass is 32.1. The SMILES string of the molecule is Cc1cccc(N)c1NCCc1nccs1. The second-order valence-corrected chi connectivity index (χ2v) is 4.62. The van der Waals surface area contributed by atoms with Crippen molar-refractivity contribution in [1.82, 2.24) is 4.98 Å². The van der Waals surface area contributed by atoms with E-state index < -0.39 is 0 Å². The highest BCUT2D eigenvalue weighted by molar-refractivity contribution is 7.09. The molecule has 2 aromatic rings. The molecule has 4 heteroatoms. The monoisotopic (exact) mass is 233 g/mol. The normalized spacial score (nSPS) is 10.3. The lowest BCUT2D eigenvalue weighted by Gasteiger charge is -2.11. The lowest BCUT2D eigenvalue weighted by molar-refractivity contribution is 0.996. The number of hydrogen-bond donors (Lipinski definition) is 2. The van der Waals surface area contributed by atoms with Gasteiger partial charge in [-0.1, -0.05) is 12.1 Å².